The van der Waals surface area contributed by atoms with Crippen LogP contribution in [0.15, 0.2) is 24.3 Å². The number of carboxylic acids is 1. The van der Waals surface area contributed by atoms with E-state index in [4.69, 9.17) is 10.2 Å². The zero-order chi connectivity index (χ0) is 14.4. The number of halogens is 1. The van der Waals surface area contributed by atoms with Crippen LogP contribution in [0.4, 0.5) is 9.18 Å². The summed E-state index contributed by atoms with van der Waals surface area (Å²) in [5, 5.41) is 19.7. The summed E-state index contributed by atoms with van der Waals surface area (Å²) in [6, 6.07) is 5.43. The van der Waals surface area contributed by atoms with Gasteiger partial charge in [0.1, 0.15) is 5.82 Å². The van der Waals surface area contributed by atoms with Crippen molar-refractivity contribution in [2.75, 3.05) is 13.6 Å². The largest absolute Gasteiger partial charge is 0.479 e. The maximum Gasteiger partial charge on any atom is 0.334 e. The molecule has 0 aliphatic rings. The van der Waals surface area contributed by atoms with Gasteiger partial charge in [-0.1, -0.05) is 18.2 Å². The van der Waals surface area contributed by atoms with Crippen molar-refractivity contribution in [1.82, 2.24) is 10.2 Å². The molecule has 0 saturated heterocycles. The Morgan fingerprint density at radius 3 is 2.63 bits per heavy atom. The van der Waals surface area contributed by atoms with Crippen molar-refractivity contribution in [2.24, 2.45) is 0 Å². The lowest BCUT2D eigenvalue weighted by Crippen LogP contribution is -2.42. The van der Waals surface area contributed by atoms with Crippen LogP contribution in [-0.4, -0.2) is 46.8 Å². The lowest BCUT2D eigenvalue weighted by atomic mass is 10.2. The number of rotatable bonds is 5. The molecule has 0 spiro atoms. The van der Waals surface area contributed by atoms with Crippen LogP contribution >= 0.6 is 0 Å². The number of hydrogen-bond donors (Lipinski definition) is 3. The Hall–Kier alpha value is -2.15. The molecule has 6 nitrogen and oxygen atoms in total. The lowest BCUT2D eigenvalue weighted by molar-refractivity contribution is -0.146. The molecule has 0 heterocycles. The molecule has 1 unspecified atom stereocenters. The number of amides is 2. The number of nitrogens with zero attached hydrogens (tertiary/aromatic N) is 1. The molecule has 1 aromatic rings. The number of nitrogens with one attached hydrogen (secondary N) is 1. The Morgan fingerprint density at radius 2 is 2.05 bits per heavy atom. The minimum Gasteiger partial charge on any atom is -0.479 e. The van der Waals surface area contributed by atoms with Crippen molar-refractivity contribution < 1.29 is 24.2 Å². The van der Waals surface area contributed by atoms with Crippen molar-refractivity contribution in [3.8, 4) is 0 Å². The highest BCUT2D eigenvalue weighted by Crippen LogP contribution is 2.08. The normalized spacial score (nSPS) is 11.7. The summed E-state index contributed by atoms with van der Waals surface area (Å²) in [7, 11) is 1.44. The van der Waals surface area contributed by atoms with E-state index >= 15 is 0 Å². The highest BCUT2D eigenvalue weighted by atomic mass is 19.1. The number of hydrogen-bond acceptors (Lipinski definition) is 3. The van der Waals surface area contributed by atoms with Crippen LogP contribution in [-0.2, 0) is 11.3 Å². The molecular formula is C12H15FN2O4. The topological polar surface area (TPSA) is 89.9 Å². The fraction of sp³-hybridized carbons (Fsp3) is 0.333. The number of aliphatic hydroxyl groups is 1. The first-order valence-corrected chi connectivity index (χ1v) is 5.55. The molecule has 0 radical (unpaired) electrons. The predicted octanol–water partition coefficient (Wildman–Crippen LogP) is 0.413. The first kappa shape index (κ1) is 14.9. The van der Waals surface area contributed by atoms with Crippen LogP contribution in [0.3, 0.4) is 0 Å². The molecule has 1 rings (SSSR count). The molecular weight excluding hydrogens is 255 g/mol. The van der Waals surface area contributed by atoms with Crippen molar-refractivity contribution >= 4 is 12.0 Å². The van der Waals surface area contributed by atoms with Crippen LogP contribution in [0, 0.1) is 5.82 Å². The van der Waals surface area contributed by atoms with Crippen molar-refractivity contribution in [3.63, 3.8) is 0 Å². The Balaban J connectivity index is 2.50. The number of carboxylic acid groups (broad SMARTS) is 1. The van der Waals surface area contributed by atoms with E-state index in [1.807, 2.05) is 0 Å². The zero-order valence-electron chi connectivity index (χ0n) is 10.3. The molecule has 1 atom stereocenters. The first-order valence-electron chi connectivity index (χ1n) is 5.55. The van der Waals surface area contributed by atoms with E-state index in [-0.39, 0.29) is 6.54 Å². The van der Waals surface area contributed by atoms with Gasteiger partial charge in [0.25, 0.3) is 0 Å². The van der Waals surface area contributed by atoms with E-state index in [2.05, 4.69) is 5.32 Å². The van der Waals surface area contributed by atoms with Crippen molar-refractivity contribution in [1.29, 1.82) is 0 Å². The molecule has 0 saturated carbocycles. The molecule has 3 N–H and O–H groups in total. The number of carbonyl (C=O) groups is 2. The SMILES string of the molecule is CN(Cc1ccccc1F)C(=O)NCC(O)C(=O)O. The van der Waals surface area contributed by atoms with Gasteiger partial charge in [-0.2, -0.15) is 0 Å². The Labute approximate surface area is 109 Å². The number of urea groups is 1. The summed E-state index contributed by atoms with van der Waals surface area (Å²) in [6.45, 7) is -0.364. The van der Waals surface area contributed by atoms with Gasteiger partial charge in [-0.15, -0.1) is 0 Å². The second kappa shape index (κ2) is 6.69. The number of carbonyl (C=O) groups excluding carboxylic acids is 1. The summed E-state index contributed by atoms with van der Waals surface area (Å²) in [4.78, 5) is 23.1. The third kappa shape index (κ3) is 4.55. The molecule has 0 fully saturated rings. The molecule has 0 bridgehead atoms. The second-order valence-electron chi connectivity index (χ2n) is 3.99. The third-order valence-corrected chi connectivity index (χ3v) is 2.44. The van der Waals surface area contributed by atoms with Gasteiger partial charge in [-0.05, 0) is 6.07 Å². The van der Waals surface area contributed by atoms with E-state index in [1.165, 1.54) is 18.0 Å². The molecule has 104 valence electrons. The highest BCUT2D eigenvalue weighted by Gasteiger charge is 2.16. The van der Waals surface area contributed by atoms with E-state index in [0.717, 1.165) is 0 Å². The Morgan fingerprint density at radius 1 is 1.42 bits per heavy atom. The quantitative estimate of drug-likeness (QED) is 0.723. The van der Waals surface area contributed by atoms with E-state index in [0.29, 0.717) is 5.56 Å². The summed E-state index contributed by atoms with van der Waals surface area (Å²) >= 11 is 0. The second-order valence-corrected chi connectivity index (χ2v) is 3.99. The summed E-state index contributed by atoms with van der Waals surface area (Å²) in [5.74, 6) is -1.84. The molecule has 0 aliphatic heterocycles. The summed E-state index contributed by atoms with van der Waals surface area (Å²) < 4.78 is 13.4. The Kier molecular flexibility index (Phi) is 5.25. The van der Waals surface area contributed by atoms with Crippen LogP contribution in [0.25, 0.3) is 0 Å². The zero-order valence-corrected chi connectivity index (χ0v) is 10.3. The number of benzene rings is 1. The van der Waals surface area contributed by atoms with E-state index in [9.17, 15) is 14.0 Å². The van der Waals surface area contributed by atoms with E-state index in [1.54, 1.807) is 18.2 Å². The predicted molar refractivity (Wildman–Crippen MR) is 64.9 cm³/mol. The van der Waals surface area contributed by atoms with E-state index < -0.39 is 30.5 Å². The van der Waals surface area contributed by atoms with Gasteiger partial charge < -0.3 is 20.4 Å². The minimum absolute atomic E-state index is 0.0433. The van der Waals surface area contributed by atoms with Gasteiger partial charge in [0, 0.05) is 19.2 Å². The average molecular weight is 270 g/mol. The van der Waals surface area contributed by atoms with Crippen LogP contribution < -0.4 is 5.32 Å². The maximum atomic E-state index is 13.4. The van der Waals surface area contributed by atoms with Crippen molar-refractivity contribution in [3.05, 3.63) is 35.6 Å². The summed E-state index contributed by atoms with van der Waals surface area (Å²) in [5.41, 5.74) is 0.346. The first-order chi connectivity index (χ1) is 8.91. The molecule has 1 aromatic carbocycles. The van der Waals surface area contributed by atoms with Crippen molar-refractivity contribution in [2.45, 2.75) is 12.6 Å². The average Bonchev–Trinajstić information content (AvgIpc) is 2.37. The van der Waals surface area contributed by atoms with Crippen LogP contribution in [0.2, 0.25) is 0 Å². The molecule has 0 aliphatic carbocycles. The van der Waals surface area contributed by atoms with Crippen LogP contribution in [0.5, 0.6) is 0 Å². The lowest BCUT2D eigenvalue weighted by Gasteiger charge is -2.19. The fourth-order valence-corrected chi connectivity index (χ4v) is 1.36. The van der Waals surface area contributed by atoms with Gasteiger partial charge in [0.05, 0.1) is 6.54 Å². The molecule has 7 heteroatoms. The van der Waals surface area contributed by atoms with Gasteiger partial charge in [0.2, 0.25) is 0 Å². The smallest absolute Gasteiger partial charge is 0.334 e. The van der Waals surface area contributed by atoms with Gasteiger partial charge in [-0.25, -0.2) is 14.0 Å². The highest BCUT2D eigenvalue weighted by molar-refractivity contribution is 5.76. The van der Waals surface area contributed by atoms with Gasteiger partial charge >= 0.3 is 12.0 Å². The van der Waals surface area contributed by atoms with Crippen LogP contribution in [0.1, 0.15) is 5.56 Å². The standard InChI is InChI=1S/C12H15FN2O4/c1-15(7-8-4-2-3-5-9(8)13)12(19)14-6-10(16)11(17)18/h2-5,10,16H,6-7H2,1H3,(H,14,19)(H,17,18). The van der Waals surface area contributed by atoms with Gasteiger partial charge in [-0.3, -0.25) is 0 Å². The number of aliphatic hydroxyl groups excluding tert-OH is 1. The number of aliphatic carboxylic acids is 1. The third-order valence-electron chi connectivity index (χ3n) is 2.44. The maximum absolute atomic E-state index is 13.4. The molecule has 0 aromatic heterocycles. The molecule has 19 heavy (non-hydrogen) atoms. The van der Waals surface area contributed by atoms with Gasteiger partial charge in [0.15, 0.2) is 6.10 Å². The fourth-order valence-electron chi connectivity index (χ4n) is 1.36. The summed E-state index contributed by atoms with van der Waals surface area (Å²) in [6.07, 6.45) is -1.66. The molecule has 2 amide bonds. The Bertz CT molecular complexity index is 467. The monoisotopic (exact) mass is 270 g/mol. The minimum atomic E-state index is -1.66.